The summed E-state index contributed by atoms with van der Waals surface area (Å²) in [6.45, 7) is 4.08. The van der Waals surface area contributed by atoms with Crippen molar-refractivity contribution in [3.63, 3.8) is 0 Å². The molecule has 0 atom stereocenters. The van der Waals surface area contributed by atoms with Crippen molar-refractivity contribution in [2.24, 2.45) is 0 Å². The summed E-state index contributed by atoms with van der Waals surface area (Å²) in [4.78, 5) is 4.43. The lowest BCUT2D eigenvalue weighted by atomic mass is 10.1. The van der Waals surface area contributed by atoms with E-state index in [2.05, 4.69) is 10.3 Å². The third kappa shape index (κ3) is 2.07. The number of hydrogen-bond donors (Lipinski definition) is 1. The molecule has 1 aromatic carbocycles. The first-order valence-electron chi connectivity index (χ1n) is 5.51. The van der Waals surface area contributed by atoms with Crippen molar-refractivity contribution in [1.82, 2.24) is 4.98 Å². The first-order chi connectivity index (χ1) is 8.04. The van der Waals surface area contributed by atoms with Crippen molar-refractivity contribution in [2.75, 3.05) is 12.4 Å². The zero-order valence-electron chi connectivity index (χ0n) is 10.0. The summed E-state index contributed by atoms with van der Waals surface area (Å²) in [5.74, 6) is -0.0395. The summed E-state index contributed by atoms with van der Waals surface area (Å²) in [6, 6.07) is 4.77. The van der Waals surface area contributed by atoms with Crippen LogP contribution in [-0.2, 0) is 0 Å². The van der Waals surface area contributed by atoms with E-state index in [9.17, 15) is 4.39 Å². The lowest BCUT2D eigenvalue weighted by molar-refractivity contribution is 0.639. The lowest BCUT2D eigenvalue weighted by Crippen LogP contribution is -2.00. The predicted molar refractivity (Wildman–Crippen MR) is 70.3 cm³/mol. The molecule has 0 unspecified atom stereocenters. The van der Waals surface area contributed by atoms with E-state index in [1.165, 1.54) is 12.1 Å². The zero-order valence-corrected chi connectivity index (χ0v) is 10.8. The highest BCUT2D eigenvalue weighted by molar-refractivity contribution is 6.35. The molecule has 90 valence electrons. The first-order valence-corrected chi connectivity index (χ1v) is 5.88. The van der Waals surface area contributed by atoms with Crippen molar-refractivity contribution in [3.8, 4) is 0 Å². The Morgan fingerprint density at radius 2 is 2.06 bits per heavy atom. The number of hydrogen-bond acceptors (Lipinski definition) is 2. The van der Waals surface area contributed by atoms with Crippen LogP contribution < -0.4 is 5.32 Å². The van der Waals surface area contributed by atoms with Crippen LogP contribution in [0.1, 0.15) is 25.5 Å². The van der Waals surface area contributed by atoms with Gasteiger partial charge in [0, 0.05) is 18.4 Å². The fourth-order valence-electron chi connectivity index (χ4n) is 1.78. The number of benzene rings is 1. The number of aromatic nitrogens is 1. The maximum absolute atomic E-state index is 13.8. The van der Waals surface area contributed by atoms with Crippen LogP contribution in [0.15, 0.2) is 18.2 Å². The van der Waals surface area contributed by atoms with Gasteiger partial charge >= 0.3 is 0 Å². The van der Waals surface area contributed by atoms with Gasteiger partial charge < -0.3 is 5.32 Å². The summed E-state index contributed by atoms with van der Waals surface area (Å²) in [6.07, 6.45) is 0. The molecule has 0 amide bonds. The minimum absolute atomic E-state index is 0.269. The Kier molecular flexibility index (Phi) is 3.20. The maximum Gasteiger partial charge on any atom is 0.134 e. The molecular weight excluding hydrogens is 239 g/mol. The fraction of sp³-hybridized carbons (Fsp3) is 0.308. The Morgan fingerprint density at radius 3 is 2.65 bits per heavy atom. The highest BCUT2D eigenvalue weighted by Gasteiger charge is 2.13. The van der Waals surface area contributed by atoms with Crippen LogP contribution in [0.5, 0.6) is 0 Å². The van der Waals surface area contributed by atoms with E-state index >= 15 is 0 Å². The lowest BCUT2D eigenvalue weighted by Gasteiger charge is -2.12. The number of nitrogens with one attached hydrogen (secondary N) is 1. The van der Waals surface area contributed by atoms with Crippen LogP contribution >= 0.6 is 11.6 Å². The number of rotatable bonds is 2. The minimum atomic E-state index is -0.309. The molecule has 4 heteroatoms. The topological polar surface area (TPSA) is 24.9 Å². The van der Waals surface area contributed by atoms with E-state index in [0.29, 0.717) is 15.9 Å². The van der Waals surface area contributed by atoms with Crippen molar-refractivity contribution >= 4 is 28.2 Å². The molecule has 1 aromatic heterocycles. The van der Waals surface area contributed by atoms with E-state index in [1.54, 1.807) is 7.05 Å². The smallest absolute Gasteiger partial charge is 0.134 e. The van der Waals surface area contributed by atoms with Gasteiger partial charge in [0.15, 0.2) is 0 Å². The van der Waals surface area contributed by atoms with Crippen molar-refractivity contribution in [1.29, 1.82) is 0 Å². The van der Waals surface area contributed by atoms with Crippen molar-refractivity contribution in [2.45, 2.75) is 19.8 Å². The molecule has 0 saturated heterocycles. The molecule has 0 radical (unpaired) electrons. The van der Waals surface area contributed by atoms with E-state index in [0.717, 1.165) is 11.4 Å². The first kappa shape index (κ1) is 12.1. The Morgan fingerprint density at radius 1 is 1.35 bits per heavy atom. The molecule has 0 spiro atoms. The molecule has 0 saturated carbocycles. The summed E-state index contributed by atoms with van der Waals surface area (Å²) in [7, 11) is 1.76. The number of fused-ring (bicyclic) bond motifs is 1. The average Bonchev–Trinajstić information content (AvgIpc) is 2.32. The van der Waals surface area contributed by atoms with Crippen LogP contribution in [0.3, 0.4) is 0 Å². The summed E-state index contributed by atoms with van der Waals surface area (Å²) >= 11 is 6.08. The molecule has 0 bridgehead atoms. The van der Waals surface area contributed by atoms with Crippen LogP contribution in [0.2, 0.25) is 5.02 Å². The number of halogens is 2. The Balaban J connectivity index is 2.87. The van der Waals surface area contributed by atoms with Gasteiger partial charge in [-0.3, -0.25) is 4.98 Å². The molecular formula is C13H14ClFN2. The van der Waals surface area contributed by atoms with Crippen LogP contribution in [0.25, 0.3) is 10.9 Å². The van der Waals surface area contributed by atoms with Crippen molar-refractivity contribution in [3.05, 3.63) is 34.7 Å². The van der Waals surface area contributed by atoms with Gasteiger partial charge in [0.2, 0.25) is 0 Å². The van der Waals surface area contributed by atoms with Crippen molar-refractivity contribution < 1.29 is 4.39 Å². The molecule has 1 heterocycles. The molecule has 2 nitrogen and oxygen atoms in total. The highest BCUT2D eigenvalue weighted by Crippen LogP contribution is 2.32. The maximum atomic E-state index is 13.8. The van der Waals surface area contributed by atoms with Gasteiger partial charge in [0.25, 0.3) is 0 Å². The molecule has 1 N–H and O–H groups in total. The largest absolute Gasteiger partial charge is 0.387 e. The third-order valence-electron chi connectivity index (χ3n) is 2.74. The minimum Gasteiger partial charge on any atom is -0.387 e. The highest BCUT2D eigenvalue weighted by atomic mass is 35.5. The quantitative estimate of drug-likeness (QED) is 0.867. The Labute approximate surface area is 105 Å². The average molecular weight is 253 g/mol. The second kappa shape index (κ2) is 4.49. The molecule has 2 aromatic rings. The molecule has 0 fully saturated rings. The molecule has 17 heavy (non-hydrogen) atoms. The second-order valence-corrected chi connectivity index (χ2v) is 4.66. The summed E-state index contributed by atoms with van der Waals surface area (Å²) in [5, 5.41) is 3.92. The monoisotopic (exact) mass is 252 g/mol. The molecule has 0 aliphatic heterocycles. The number of pyridine rings is 1. The second-order valence-electron chi connectivity index (χ2n) is 4.25. The zero-order chi connectivity index (χ0) is 12.6. The van der Waals surface area contributed by atoms with Crippen LogP contribution in [0, 0.1) is 5.82 Å². The molecule has 2 rings (SSSR count). The standard InChI is InChI=1S/C13H14ClFN2/c1-7(2)10-6-11(16-3)12-9(15)5-4-8(14)13(12)17-10/h4-7H,1-3H3,(H,16,17). The van der Waals surface area contributed by atoms with E-state index in [-0.39, 0.29) is 11.7 Å². The molecule has 0 aliphatic rings. The van der Waals surface area contributed by atoms with Gasteiger partial charge in [-0.25, -0.2) is 4.39 Å². The van der Waals surface area contributed by atoms with Gasteiger partial charge in [-0.05, 0) is 24.1 Å². The Bertz CT molecular complexity index is 567. The van der Waals surface area contributed by atoms with E-state index in [1.807, 2.05) is 19.9 Å². The SMILES string of the molecule is CNc1cc(C(C)C)nc2c(Cl)ccc(F)c12. The van der Waals surface area contributed by atoms with Crippen LogP contribution in [0.4, 0.5) is 10.1 Å². The van der Waals surface area contributed by atoms with Gasteiger partial charge in [-0.1, -0.05) is 25.4 Å². The number of nitrogens with zero attached hydrogens (tertiary/aromatic N) is 1. The van der Waals surface area contributed by atoms with E-state index in [4.69, 9.17) is 11.6 Å². The Hall–Kier alpha value is -1.35. The van der Waals surface area contributed by atoms with E-state index < -0.39 is 0 Å². The fourth-order valence-corrected chi connectivity index (χ4v) is 1.98. The summed E-state index contributed by atoms with van der Waals surface area (Å²) < 4.78 is 13.8. The van der Waals surface area contributed by atoms with Gasteiger partial charge in [-0.2, -0.15) is 0 Å². The van der Waals surface area contributed by atoms with Gasteiger partial charge in [0.05, 0.1) is 15.9 Å². The van der Waals surface area contributed by atoms with Gasteiger partial charge in [0.1, 0.15) is 5.82 Å². The summed E-state index contributed by atoms with van der Waals surface area (Å²) in [5.41, 5.74) is 2.13. The predicted octanol–water partition coefficient (Wildman–Crippen LogP) is 4.19. The van der Waals surface area contributed by atoms with Gasteiger partial charge in [-0.15, -0.1) is 0 Å². The van der Waals surface area contributed by atoms with Crippen LogP contribution in [-0.4, -0.2) is 12.0 Å². The normalized spacial score (nSPS) is 11.2. The third-order valence-corrected chi connectivity index (χ3v) is 3.05. The number of anilines is 1. The molecule has 0 aliphatic carbocycles.